The highest BCUT2D eigenvalue weighted by Gasteiger charge is 2.42. The molecule has 1 aromatic carbocycles. The summed E-state index contributed by atoms with van der Waals surface area (Å²) in [5.41, 5.74) is 1.31. The second-order valence-corrected chi connectivity index (χ2v) is 5.68. The molecular weight excluding hydrogens is 365 g/mol. The van der Waals surface area contributed by atoms with Crippen LogP contribution in [0.3, 0.4) is 0 Å². The Morgan fingerprint density at radius 1 is 1.46 bits per heavy atom. The molecule has 3 rings (SSSR count). The van der Waals surface area contributed by atoms with Gasteiger partial charge in [-0.05, 0) is 29.0 Å². The van der Waals surface area contributed by atoms with Crippen molar-refractivity contribution in [1.82, 2.24) is 31.3 Å². The maximum atomic E-state index is 13.1. The Hall–Kier alpha value is -1.84. The van der Waals surface area contributed by atoms with E-state index >= 15 is 0 Å². The third-order valence-corrected chi connectivity index (χ3v) is 3.77. The molecule has 1 amide bonds. The summed E-state index contributed by atoms with van der Waals surface area (Å²) in [7, 11) is 0. The molecular formula is C13H14Cl2F2N6O. The minimum Gasteiger partial charge on any atom is -0.351 e. The van der Waals surface area contributed by atoms with Crippen LogP contribution in [0.15, 0.2) is 18.2 Å². The van der Waals surface area contributed by atoms with E-state index in [1.54, 1.807) is 18.2 Å². The van der Waals surface area contributed by atoms with Gasteiger partial charge in [0, 0.05) is 23.6 Å². The lowest BCUT2D eigenvalue weighted by Gasteiger charge is -2.13. The Labute approximate surface area is 146 Å². The number of rotatable bonds is 4. The van der Waals surface area contributed by atoms with Crippen molar-refractivity contribution in [3.8, 4) is 11.4 Å². The molecule has 1 fully saturated rings. The predicted molar refractivity (Wildman–Crippen MR) is 85.1 cm³/mol. The van der Waals surface area contributed by atoms with Crippen LogP contribution in [-0.4, -0.2) is 45.0 Å². The number of carbonyl (C=O) groups excluding carboxylic acids is 1. The van der Waals surface area contributed by atoms with Crippen LogP contribution < -0.4 is 10.6 Å². The number of amides is 1. The van der Waals surface area contributed by atoms with E-state index in [1.165, 1.54) is 0 Å². The maximum Gasteiger partial charge on any atom is 0.262 e. The summed E-state index contributed by atoms with van der Waals surface area (Å²) in [6.45, 7) is -0.372. The first-order valence-electron chi connectivity index (χ1n) is 6.86. The number of nitrogens with zero attached hydrogens (tertiary/aromatic N) is 3. The van der Waals surface area contributed by atoms with E-state index in [1.807, 2.05) is 0 Å². The van der Waals surface area contributed by atoms with Crippen molar-refractivity contribution in [2.75, 3.05) is 6.54 Å². The van der Waals surface area contributed by atoms with E-state index in [9.17, 15) is 13.6 Å². The molecule has 1 atom stereocenters. The lowest BCUT2D eigenvalue weighted by Crippen LogP contribution is -2.40. The number of aromatic nitrogens is 4. The first-order valence-corrected chi connectivity index (χ1v) is 7.23. The molecule has 130 valence electrons. The van der Waals surface area contributed by atoms with Crippen LogP contribution in [0.4, 0.5) is 8.78 Å². The average Bonchev–Trinajstić information content (AvgIpc) is 3.14. The summed E-state index contributed by atoms with van der Waals surface area (Å²) >= 11 is 5.97. The Kier molecular flexibility index (Phi) is 5.68. The monoisotopic (exact) mass is 378 g/mol. The fourth-order valence-corrected chi connectivity index (χ4v) is 2.60. The molecule has 2 aromatic rings. The first-order chi connectivity index (χ1) is 10.9. The minimum absolute atomic E-state index is 0. The number of carbonyl (C=O) groups is 1. The number of tetrazole rings is 1. The zero-order valence-corrected chi connectivity index (χ0v) is 13.8. The van der Waals surface area contributed by atoms with Crippen molar-refractivity contribution in [3.05, 3.63) is 28.8 Å². The molecule has 3 N–H and O–H groups in total. The van der Waals surface area contributed by atoms with E-state index in [-0.39, 0.29) is 19.0 Å². The van der Waals surface area contributed by atoms with Crippen molar-refractivity contribution in [1.29, 1.82) is 0 Å². The van der Waals surface area contributed by atoms with Gasteiger partial charge >= 0.3 is 0 Å². The van der Waals surface area contributed by atoms with Crippen molar-refractivity contribution in [2.45, 2.75) is 24.9 Å². The highest BCUT2D eigenvalue weighted by atomic mass is 35.5. The lowest BCUT2D eigenvalue weighted by molar-refractivity contribution is -0.123. The summed E-state index contributed by atoms with van der Waals surface area (Å²) in [5, 5.41) is 19.2. The second kappa shape index (κ2) is 7.37. The van der Waals surface area contributed by atoms with E-state index in [2.05, 4.69) is 31.3 Å². The van der Waals surface area contributed by atoms with Gasteiger partial charge < -0.3 is 5.32 Å². The Bertz CT molecular complexity index is 712. The number of halogens is 4. The van der Waals surface area contributed by atoms with Gasteiger partial charge in [0.05, 0.1) is 12.6 Å². The van der Waals surface area contributed by atoms with Crippen molar-refractivity contribution >= 4 is 29.9 Å². The molecule has 7 nitrogen and oxygen atoms in total. The predicted octanol–water partition coefficient (Wildman–Crippen LogP) is 1.56. The Balaban J connectivity index is 0.00000208. The molecule has 0 saturated carbocycles. The summed E-state index contributed by atoms with van der Waals surface area (Å²) in [5.74, 6) is -2.98. The number of benzene rings is 1. The maximum absolute atomic E-state index is 13.1. The highest BCUT2D eigenvalue weighted by molar-refractivity contribution is 6.30. The fourth-order valence-electron chi connectivity index (χ4n) is 2.41. The number of alkyl halides is 2. The lowest BCUT2D eigenvalue weighted by atomic mass is 10.1. The zero-order chi connectivity index (χ0) is 16.4. The van der Waals surface area contributed by atoms with Crippen LogP contribution in [0.5, 0.6) is 0 Å². The summed E-state index contributed by atoms with van der Waals surface area (Å²) in [6, 6.07) is 4.12. The summed E-state index contributed by atoms with van der Waals surface area (Å²) < 4.78 is 26.3. The van der Waals surface area contributed by atoms with E-state index in [0.29, 0.717) is 22.0 Å². The largest absolute Gasteiger partial charge is 0.351 e. The zero-order valence-electron chi connectivity index (χ0n) is 12.2. The van der Waals surface area contributed by atoms with Gasteiger partial charge in [0.15, 0.2) is 0 Å². The fraction of sp³-hybridized carbons (Fsp3) is 0.385. The van der Waals surface area contributed by atoms with E-state index in [4.69, 9.17) is 11.6 Å². The molecule has 11 heteroatoms. The van der Waals surface area contributed by atoms with E-state index < -0.39 is 30.8 Å². The minimum atomic E-state index is -2.85. The van der Waals surface area contributed by atoms with Crippen molar-refractivity contribution in [2.24, 2.45) is 0 Å². The second-order valence-electron chi connectivity index (χ2n) is 5.25. The molecule has 1 aliphatic rings. The van der Waals surface area contributed by atoms with Crippen molar-refractivity contribution < 1.29 is 13.6 Å². The molecule has 2 heterocycles. The molecule has 0 unspecified atom stereocenters. The van der Waals surface area contributed by atoms with Gasteiger partial charge in [0.25, 0.3) is 5.92 Å². The van der Waals surface area contributed by atoms with Gasteiger partial charge in [-0.3, -0.25) is 10.1 Å². The molecule has 24 heavy (non-hydrogen) atoms. The molecule has 1 saturated heterocycles. The number of hydrogen-bond donors (Lipinski definition) is 3. The average molecular weight is 379 g/mol. The van der Waals surface area contributed by atoms with Crippen LogP contribution in [0, 0.1) is 0 Å². The van der Waals surface area contributed by atoms with Gasteiger partial charge in [0.2, 0.25) is 11.7 Å². The van der Waals surface area contributed by atoms with Crippen LogP contribution in [-0.2, 0) is 11.3 Å². The number of nitrogens with one attached hydrogen (secondary N) is 3. The number of aromatic amines is 1. The molecule has 0 radical (unpaired) electrons. The third kappa shape index (κ3) is 4.16. The number of hydrogen-bond acceptors (Lipinski definition) is 5. The normalized spacial score (nSPS) is 18.9. The van der Waals surface area contributed by atoms with Gasteiger partial charge in [-0.15, -0.1) is 22.6 Å². The molecule has 1 aliphatic heterocycles. The molecule has 0 aliphatic carbocycles. The first kappa shape index (κ1) is 18.5. The summed E-state index contributed by atoms with van der Waals surface area (Å²) in [6.07, 6.45) is -0.508. The highest BCUT2D eigenvalue weighted by Crippen LogP contribution is 2.26. The topological polar surface area (TPSA) is 95.6 Å². The van der Waals surface area contributed by atoms with Gasteiger partial charge in [-0.25, -0.2) is 8.78 Å². The molecule has 0 spiro atoms. The van der Waals surface area contributed by atoms with E-state index in [0.717, 1.165) is 0 Å². The summed E-state index contributed by atoms with van der Waals surface area (Å²) in [4.78, 5) is 12.0. The standard InChI is InChI=1S/C13H13ClF2N6O.ClH/c14-8-1-2-9(11-19-21-22-20-11)7(3-8)5-17-12(23)10-4-13(15,16)6-18-10;/h1-3,10,18H,4-6H2,(H,17,23)(H,19,20,21,22);1H/t10-;/m0./s1. The smallest absolute Gasteiger partial charge is 0.262 e. The Morgan fingerprint density at radius 3 is 2.88 bits per heavy atom. The van der Waals surface area contributed by atoms with Crippen LogP contribution in [0.1, 0.15) is 12.0 Å². The number of H-pyrrole nitrogens is 1. The molecule has 0 bridgehead atoms. The Morgan fingerprint density at radius 2 is 2.25 bits per heavy atom. The van der Waals surface area contributed by atoms with Crippen LogP contribution in [0.25, 0.3) is 11.4 Å². The third-order valence-electron chi connectivity index (χ3n) is 3.53. The van der Waals surface area contributed by atoms with Crippen LogP contribution >= 0.6 is 24.0 Å². The van der Waals surface area contributed by atoms with Gasteiger partial charge in [-0.1, -0.05) is 11.6 Å². The molecule has 1 aromatic heterocycles. The van der Waals surface area contributed by atoms with Gasteiger partial charge in [-0.2, -0.15) is 5.21 Å². The van der Waals surface area contributed by atoms with Crippen LogP contribution in [0.2, 0.25) is 5.02 Å². The van der Waals surface area contributed by atoms with Gasteiger partial charge in [0.1, 0.15) is 0 Å². The SMILES string of the molecule is Cl.O=C(NCc1cc(Cl)ccc1-c1nn[nH]n1)[C@@H]1CC(F)(F)CN1. The quantitative estimate of drug-likeness (QED) is 0.750. The van der Waals surface area contributed by atoms with Crippen molar-refractivity contribution in [3.63, 3.8) is 0 Å².